The molecular formula is C30H19F2O2S+. The van der Waals surface area contributed by atoms with Crippen LogP contribution >= 0.6 is 10.5 Å². The van der Waals surface area contributed by atoms with Crippen LogP contribution in [0, 0.1) is 11.6 Å². The summed E-state index contributed by atoms with van der Waals surface area (Å²) in [6, 6.07) is 34.5. The number of thiophene rings is 1. The van der Waals surface area contributed by atoms with Gasteiger partial charge in [-0.1, -0.05) is 18.2 Å². The Balaban J connectivity index is 1.49. The fraction of sp³-hybridized carbons (Fsp3) is 0. The highest BCUT2D eigenvalue weighted by Gasteiger charge is 2.24. The Labute approximate surface area is 203 Å². The Kier molecular flexibility index (Phi) is 5.39. The summed E-state index contributed by atoms with van der Waals surface area (Å²) >= 11 is 0. The molecule has 170 valence electrons. The van der Waals surface area contributed by atoms with Gasteiger partial charge in [0.15, 0.2) is 14.3 Å². The second-order valence-corrected chi connectivity index (χ2v) is 10.0. The number of ether oxygens (including phenoxy) is 2. The van der Waals surface area contributed by atoms with Crippen molar-refractivity contribution in [3.05, 3.63) is 127 Å². The molecule has 0 spiro atoms. The first kappa shape index (κ1) is 21.3. The zero-order chi connectivity index (χ0) is 23.8. The van der Waals surface area contributed by atoms with Crippen LogP contribution < -0.4 is 9.47 Å². The van der Waals surface area contributed by atoms with Gasteiger partial charge in [0, 0.05) is 22.6 Å². The average Bonchev–Trinajstić information content (AvgIpc) is 3.20. The maximum Gasteiger partial charge on any atom is 0.188 e. The summed E-state index contributed by atoms with van der Waals surface area (Å²) in [5, 5.41) is 2.13. The van der Waals surface area contributed by atoms with E-state index in [0.717, 1.165) is 10.8 Å². The van der Waals surface area contributed by atoms with Gasteiger partial charge in [-0.3, -0.25) is 0 Å². The van der Waals surface area contributed by atoms with Crippen molar-refractivity contribution in [1.29, 1.82) is 0 Å². The molecule has 5 heteroatoms. The van der Waals surface area contributed by atoms with Gasteiger partial charge in [-0.2, -0.15) is 0 Å². The molecule has 0 aliphatic carbocycles. The molecule has 0 saturated heterocycles. The second kappa shape index (κ2) is 8.85. The molecular weight excluding hydrogens is 462 g/mol. The van der Waals surface area contributed by atoms with Gasteiger partial charge in [-0.15, -0.1) is 0 Å². The van der Waals surface area contributed by atoms with Crippen LogP contribution in [-0.2, 0) is 0 Å². The van der Waals surface area contributed by atoms with Crippen molar-refractivity contribution < 1.29 is 18.3 Å². The Morgan fingerprint density at radius 1 is 0.457 bits per heavy atom. The van der Waals surface area contributed by atoms with Gasteiger partial charge in [-0.25, -0.2) is 8.78 Å². The first-order valence-corrected chi connectivity index (χ1v) is 12.3. The molecule has 0 aliphatic rings. The van der Waals surface area contributed by atoms with Crippen molar-refractivity contribution in [3.63, 3.8) is 0 Å². The average molecular weight is 482 g/mol. The van der Waals surface area contributed by atoms with Crippen LogP contribution in [0.15, 0.2) is 115 Å². The molecule has 0 N–H and O–H groups in total. The van der Waals surface area contributed by atoms with Crippen molar-refractivity contribution >= 4 is 30.6 Å². The van der Waals surface area contributed by atoms with Crippen LogP contribution in [0.2, 0.25) is 0 Å². The van der Waals surface area contributed by atoms with Crippen LogP contribution in [0.25, 0.3) is 25.1 Å². The van der Waals surface area contributed by atoms with Crippen molar-refractivity contribution in [2.24, 2.45) is 0 Å². The van der Waals surface area contributed by atoms with Crippen LogP contribution in [-0.4, -0.2) is 0 Å². The third-order valence-electron chi connectivity index (χ3n) is 5.71. The fourth-order valence-electron chi connectivity index (χ4n) is 4.13. The maximum absolute atomic E-state index is 13.3. The van der Waals surface area contributed by atoms with E-state index in [1.165, 1.54) is 38.6 Å². The van der Waals surface area contributed by atoms with E-state index in [0.29, 0.717) is 23.0 Å². The predicted octanol–water partition coefficient (Wildman–Crippen LogP) is 9.59. The summed E-state index contributed by atoms with van der Waals surface area (Å²) in [5.41, 5.74) is 0. The minimum Gasteiger partial charge on any atom is -0.457 e. The fourth-order valence-corrected chi connectivity index (χ4v) is 6.49. The molecule has 0 unspecified atom stereocenters. The standard InChI is InChI=1S/C30H19F2O2S/c31-20-6-10-22(11-7-20)33-24-14-16-29-27(18-24)28-19-25(34-23-12-8-21(32)9-13-23)15-17-30(28)35(29)26-4-2-1-3-5-26/h1-19H/q+1. The Morgan fingerprint density at radius 2 is 0.886 bits per heavy atom. The Hall–Kier alpha value is -4.22. The summed E-state index contributed by atoms with van der Waals surface area (Å²) in [6.45, 7) is 0. The van der Waals surface area contributed by atoms with E-state index in [4.69, 9.17) is 9.47 Å². The number of hydrogen-bond donors (Lipinski definition) is 0. The minimum absolute atomic E-state index is 0.267. The lowest BCUT2D eigenvalue weighted by molar-refractivity contribution is 0.481. The lowest BCUT2D eigenvalue weighted by atomic mass is 10.1. The van der Waals surface area contributed by atoms with E-state index < -0.39 is 0 Å². The number of hydrogen-bond acceptors (Lipinski definition) is 2. The van der Waals surface area contributed by atoms with E-state index in [1.807, 2.05) is 30.3 Å². The molecule has 0 atom stereocenters. The van der Waals surface area contributed by atoms with Crippen LogP contribution in [0.1, 0.15) is 0 Å². The monoisotopic (exact) mass is 481 g/mol. The van der Waals surface area contributed by atoms with Crippen molar-refractivity contribution in [1.82, 2.24) is 0 Å². The first-order chi connectivity index (χ1) is 17.1. The van der Waals surface area contributed by atoms with Gasteiger partial charge in [0.05, 0.1) is 10.8 Å². The largest absolute Gasteiger partial charge is 0.457 e. The highest BCUT2D eigenvalue weighted by atomic mass is 32.2. The second-order valence-electron chi connectivity index (χ2n) is 8.05. The minimum atomic E-state index is -0.305. The number of rotatable bonds is 5. The lowest BCUT2D eigenvalue weighted by Gasteiger charge is -2.06. The molecule has 0 aliphatic heterocycles. The topological polar surface area (TPSA) is 18.5 Å². The van der Waals surface area contributed by atoms with E-state index in [1.54, 1.807) is 24.3 Å². The van der Waals surface area contributed by atoms with Gasteiger partial charge in [0.25, 0.3) is 0 Å². The van der Waals surface area contributed by atoms with Gasteiger partial charge < -0.3 is 9.47 Å². The number of fused-ring (bicyclic) bond motifs is 3. The lowest BCUT2D eigenvalue weighted by Crippen LogP contribution is -1.85. The third kappa shape index (κ3) is 4.22. The first-order valence-electron chi connectivity index (χ1n) is 11.1. The molecule has 0 saturated carbocycles. The smallest absolute Gasteiger partial charge is 0.188 e. The highest BCUT2D eigenvalue weighted by molar-refractivity contribution is 7.50. The summed E-state index contributed by atoms with van der Waals surface area (Å²) < 4.78 is 41.1. The normalized spacial score (nSPS) is 11.1. The molecule has 6 rings (SSSR count). The highest BCUT2D eigenvalue weighted by Crippen LogP contribution is 2.50. The molecule has 0 fully saturated rings. The van der Waals surface area contributed by atoms with Gasteiger partial charge in [0.1, 0.15) is 34.6 Å². The van der Waals surface area contributed by atoms with Crippen molar-refractivity contribution in [2.45, 2.75) is 0 Å². The SMILES string of the molecule is Fc1ccc(Oc2ccc3c(c2)c2cc(Oc4ccc(F)cc4)ccc2[s+]3-c2ccccc2)cc1. The molecule has 0 bridgehead atoms. The molecule has 0 radical (unpaired) electrons. The summed E-state index contributed by atoms with van der Waals surface area (Å²) in [4.78, 5) is 1.23. The third-order valence-corrected chi connectivity index (χ3v) is 8.04. The summed E-state index contributed by atoms with van der Waals surface area (Å²) in [5.74, 6) is 1.87. The number of benzene rings is 5. The maximum atomic E-state index is 13.3. The van der Waals surface area contributed by atoms with Crippen LogP contribution in [0.3, 0.4) is 0 Å². The van der Waals surface area contributed by atoms with Gasteiger partial charge in [0.2, 0.25) is 0 Å². The Morgan fingerprint density at radius 3 is 1.34 bits per heavy atom. The molecule has 5 aromatic carbocycles. The molecule has 1 aromatic heterocycles. The summed E-state index contributed by atoms with van der Waals surface area (Å²) in [7, 11) is -0.267. The zero-order valence-corrected chi connectivity index (χ0v) is 19.3. The van der Waals surface area contributed by atoms with Gasteiger partial charge >= 0.3 is 0 Å². The molecule has 35 heavy (non-hydrogen) atoms. The molecule has 1 heterocycles. The molecule has 2 nitrogen and oxygen atoms in total. The van der Waals surface area contributed by atoms with Crippen molar-refractivity contribution in [2.75, 3.05) is 0 Å². The van der Waals surface area contributed by atoms with E-state index >= 15 is 0 Å². The zero-order valence-electron chi connectivity index (χ0n) is 18.5. The number of halogens is 2. The van der Waals surface area contributed by atoms with E-state index in [9.17, 15) is 8.78 Å². The summed E-state index contributed by atoms with van der Waals surface area (Å²) in [6.07, 6.45) is 0. The van der Waals surface area contributed by atoms with Crippen LogP contribution in [0.4, 0.5) is 8.78 Å². The predicted molar refractivity (Wildman–Crippen MR) is 138 cm³/mol. The van der Waals surface area contributed by atoms with Gasteiger partial charge in [-0.05, 0) is 84.9 Å². The van der Waals surface area contributed by atoms with Crippen molar-refractivity contribution in [3.8, 4) is 27.9 Å². The molecule has 6 aromatic rings. The quantitative estimate of drug-likeness (QED) is 0.228. The molecule has 0 amide bonds. The Bertz CT molecular complexity index is 1540. The van der Waals surface area contributed by atoms with E-state index in [2.05, 4.69) is 36.4 Å². The van der Waals surface area contributed by atoms with Crippen LogP contribution in [0.5, 0.6) is 23.0 Å². The van der Waals surface area contributed by atoms with E-state index in [-0.39, 0.29) is 22.1 Å².